The van der Waals surface area contributed by atoms with Crippen LogP contribution >= 0.6 is 11.6 Å². The fraction of sp³-hybridized carbons (Fsp3) is 0.348. The highest BCUT2D eigenvalue weighted by atomic mass is 35.5. The van der Waals surface area contributed by atoms with E-state index < -0.39 is 11.2 Å². The van der Waals surface area contributed by atoms with Crippen molar-refractivity contribution in [3.8, 4) is 11.1 Å². The maximum absolute atomic E-state index is 13.2. The largest absolute Gasteiger partial charge is 0.508 e. The van der Waals surface area contributed by atoms with Crippen molar-refractivity contribution in [3.63, 3.8) is 0 Å². The van der Waals surface area contributed by atoms with E-state index in [-0.39, 0.29) is 27.8 Å². The summed E-state index contributed by atoms with van der Waals surface area (Å²) < 4.78 is 5.85. The van der Waals surface area contributed by atoms with Gasteiger partial charge in [-0.3, -0.25) is 4.79 Å². The summed E-state index contributed by atoms with van der Waals surface area (Å²) in [6.07, 6.45) is 0.684. The van der Waals surface area contributed by atoms with Gasteiger partial charge in [-0.25, -0.2) is 0 Å². The SMILES string of the molecule is CCc1ccc(-c2ccc(Cl)c(N=O)c2)cc1C1=C(O)C(C)(C)OC(C)(C)C1=O. The van der Waals surface area contributed by atoms with Crippen LogP contribution in [0.25, 0.3) is 16.7 Å². The molecule has 1 aliphatic heterocycles. The van der Waals surface area contributed by atoms with Gasteiger partial charge in [0.1, 0.15) is 22.6 Å². The Labute approximate surface area is 175 Å². The highest BCUT2D eigenvalue weighted by Crippen LogP contribution is 2.42. The van der Waals surface area contributed by atoms with Crippen molar-refractivity contribution in [2.75, 3.05) is 0 Å². The van der Waals surface area contributed by atoms with Crippen molar-refractivity contribution >= 4 is 28.6 Å². The van der Waals surface area contributed by atoms with Gasteiger partial charge in [0.2, 0.25) is 0 Å². The van der Waals surface area contributed by atoms with Crippen LogP contribution in [0.4, 0.5) is 5.69 Å². The Hall–Kier alpha value is -2.50. The number of aryl methyl sites for hydroxylation is 1. The summed E-state index contributed by atoms with van der Waals surface area (Å²) in [7, 11) is 0. The van der Waals surface area contributed by atoms with Gasteiger partial charge in [-0.05, 0) is 79.7 Å². The highest BCUT2D eigenvalue weighted by Gasteiger charge is 2.47. The van der Waals surface area contributed by atoms with Crippen LogP contribution in [0.5, 0.6) is 0 Å². The van der Waals surface area contributed by atoms with E-state index >= 15 is 0 Å². The van der Waals surface area contributed by atoms with Crippen LogP contribution in [0, 0.1) is 4.91 Å². The first-order valence-electron chi connectivity index (χ1n) is 9.47. The van der Waals surface area contributed by atoms with Crippen molar-refractivity contribution in [1.82, 2.24) is 0 Å². The van der Waals surface area contributed by atoms with Crippen LogP contribution in [0.15, 0.2) is 47.3 Å². The molecule has 1 aliphatic rings. The number of ketones is 1. The molecule has 0 atom stereocenters. The standard InChI is InChI=1S/C23H24ClNO4/c1-6-13-7-8-14(15-9-10-17(24)18(12-15)25-28)11-16(13)19-20(26)22(2,3)29-23(4,5)21(19)27/h7-12,26H,6H2,1-5H3. The van der Waals surface area contributed by atoms with Gasteiger partial charge in [-0.1, -0.05) is 36.7 Å². The van der Waals surface area contributed by atoms with Crippen molar-refractivity contribution in [2.45, 2.75) is 52.2 Å². The van der Waals surface area contributed by atoms with Gasteiger partial charge in [0, 0.05) is 0 Å². The van der Waals surface area contributed by atoms with Crippen molar-refractivity contribution in [3.05, 3.63) is 63.2 Å². The number of nitrogens with zero attached hydrogens (tertiary/aromatic N) is 1. The number of rotatable bonds is 4. The normalized spacial score (nSPS) is 18.1. The number of carbonyl (C=O) groups is 1. The molecule has 0 unspecified atom stereocenters. The molecule has 0 fully saturated rings. The minimum Gasteiger partial charge on any atom is -0.508 e. The summed E-state index contributed by atoms with van der Waals surface area (Å²) >= 11 is 5.99. The number of aliphatic hydroxyl groups excluding tert-OH is 1. The van der Waals surface area contributed by atoms with Crippen LogP contribution < -0.4 is 0 Å². The number of Topliss-reactive ketones (excluding diaryl/α,β-unsaturated/α-hetero) is 1. The number of halogens is 1. The van der Waals surface area contributed by atoms with Crippen LogP contribution in [0.1, 0.15) is 45.7 Å². The Morgan fingerprint density at radius 2 is 1.66 bits per heavy atom. The molecule has 0 aromatic heterocycles. The zero-order chi connectivity index (χ0) is 21.6. The summed E-state index contributed by atoms with van der Waals surface area (Å²) in [6.45, 7) is 8.90. The molecule has 3 rings (SSSR count). The number of nitroso groups, excluding NO2 is 1. The number of hydrogen-bond donors (Lipinski definition) is 1. The van der Waals surface area contributed by atoms with E-state index in [1.807, 2.05) is 25.1 Å². The van der Waals surface area contributed by atoms with E-state index in [4.69, 9.17) is 16.3 Å². The average molecular weight is 414 g/mol. The first-order valence-corrected chi connectivity index (χ1v) is 9.85. The molecule has 2 aromatic carbocycles. The van der Waals surface area contributed by atoms with Gasteiger partial charge in [-0.15, -0.1) is 4.91 Å². The quantitative estimate of drug-likeness (QED) is 0.589. The lowest BCUT2D eigenvalue weighted by atomic mass is 9.80. The Kier molecular flexibility index (Phi) is 5.41. The topological polar surface area (TPSA) is 76.0 Å². The molecule has 0 radical (unpaired) electrons. The fourth-order valence-electron chi connectivity index (χ4n) is 3.75. The Morgan fingerprint density at radius 3 is 2.28 bits per heavy atom. The second-order valence-corrected chi connectivity index (χ2v) is 8.57. The number of carbonyl (C=O) groups excluding carboxylic acids is 1. The van der Waals surface area contributed by atoms with Crippen molar-refractivity contribution in [2.24, 2.45) is 5.18 Å². The van der Waals surface area contributed by atoms with Gasteiger partial charge in [0.15, 0.2) is 5.78 Å². The minimum absolute atomic E-state index is 0.0833. The van der Waals surface area contributed by atoms with Crippen LogP contribution in [-0.4, -0.2) is 22.1 Å². The Bertz CT molecular complexity index is 1040. The monoisotopic (exact) mass is 413 g/mol. The first-order chi connectivity index (χ1) is 13.5. The zero-order valence-corrected chi connectivity index (χ0v) is 17.9. The maximum atomic E-state index is 13.2. The predicted molar refractivity (Wildman–Crippen MR) is 116 cm³/mol. The van der Waals surface area contributed by atoms with Crippen molar-refractivity contribution < 1.29 is 14.6 Å². The number of aliphatic hydroxyl groups is 1. The molecule has 0 bridgehead atoms. The number of benzene rings is 2. The second-order valence-electron chi connectivity index (χ2n) is 8.16. The third kappa shape index (κ3) is 3.72. The minimum atomic E-state index is -1.07. The van der Waals surface area contributed by atoms with Gasteiger partial charge in [0.05, 0.1) is 10.6 Å². The molecule has 0 aliphatic carbocycles. The van der Waals surface area contributed by atoms with E-state index in [2.05, 4.69) is 5.18 Å². The van der Waals surface area contributed by atoms with Crippen LogP contribution in [-0.2, 0) is 16.0 Å². The van der Waals surface area contributed by atoms with E-state index in [1.54, 1.807) is 45.9 Å². The predicted octanol–water partition coefficient (Wildman–Crippen LogP) is 6.39. The third-order valence-electron chi connectivity index (χ3n) is 5.23. The van der Waals surface area contributed by atoms with E-state index in [0.717, 1.165) is 16.7 Å². The molecule has 152 valence electrons. The summed E-state index contributed by atoms with van der Waals surface area (Å²) in [5.41, 5.74) is 1.47. The van der Waals surface area contributed by atoms with Gasteiger partial charge in [-0.2, -0.15) is 0 Å². The van der Waals surface area contributed by atoms with Gasteiger partial charge in [0.25, 0.3) is 0 Å². The second kappa shape index (κ2) is 7.39. The molecule has 2 aromatic rings. The molecular formula is C23H24ClNO4. The fourth-order valence-corrected chi connectivity index (χ4v) is 3.90. The lowest BCUT2D eigenvalue weighted by Gasteiger charge is -2.40. The average Bonchev–Trinajstić information content (AvgIpc) is 2.66. The first kappa shape index (κ1) is 21.2. The zero-order valence-electron chi connectivity index (χ0n) is 17.2. The lowest BCUT2D eigenvalue weighted by Crippen LogP contribution is -2.49. The van der Waals surface area contributed by atoms with Crippen molar-refractivity contribution in [1.29, 1.82) is 0 Å². The Morgan fingerprint density at radius 1 is 1.03 bits per heavy atom. The number of hydrogen-bond acceptors (Lipinski definition) is 5. The molecule has 1 heterocycles. The number of ether oxygens (including phenoxy) is 1. The van der Waals surface area contributed by atoms with E-state index in [0.29, 0.717) is 12.0 Å². The van der Waals surface area contributed by atoms with Gasteiger partial charge < -0.3 is 9.84 Å². The molecule has 29 heavy (non-hydrogen) atoms. The Balaban J connectivity index is 2.25. The van der Waals surface area contributed by atoms with Crippen LogP contribution in [0.2, 0.25) is 5.02 Å². The highest BCUT2D eigenvalue weighted by molar-refractivity contribution is 6.33. The summed E-state index contributed by atoms with van der Waals surface area (Å²) in [5.74, 6) is -0.354. The molecular weight excluding hydrogens is 390 g/mol. The van der Waals surface area contributed by atoms with E-state index in [9.17, 15) is 14.8 Å². The summed E-state index contributed by atoms with van der Waals surface area (Å²) in [5, 5.41) is 14.2. The molecule has 0 saturated heterocycles. The molecule has 0 spiro atoms. The molecule has 1 N–H and O–H groups in total. The van der Waals surface area contributed by atoms with Gasteiger partial charge >= 0.3 is 0 Å². The smallest absolute Gasteiger partial charge is 0.198 e. The maximum Gasteiger partial charge on any atom is 0.198 e. The van der Waals surface area contributed by atoms with E-state index in [1.165, 1.54) is 0 Å². The summed E-state index contributed by atoms with van der Waals surface area (Å²) in [4.78, 5) is 24.2. The molecule has 0 amide bonds. The lowest BCUT2D eigenvalue weighted by molar-refractivity contribution is -0.158. The van der Waals surface area contributed by atoms with Crippen LogP contribution in [0.3, 0.4) is 0 Å². The molecule has 5 nitrogen and oxygen atoms in total. The molecule has 0 saturated carbocycles. The molecule has 6 heteroatoms. The summed E-state index contributed by atoms with van der Waals surface area (Å²) in [6, 6.07) is 10.7. The third-order valence-corrected chi connectivity index (χ3v) is 5.55.